The maximum Gasteiger partial charge on any atom is 0.137 e. The Bertz CT molecular complexity index is 2190. The molecule has 0 radical (unpaired) electrons. The first-order valence-electron chi connectivity index (χ1n) is 17.2. The van der Waals surface area contributed by atoms with Crippen molar-refractivity contribution in [3.05, 3.63) is 132 Å². The van der Waals surface area contributed by atoms with Crippen molar-refractivity contribution < 1.29 is 4.74 Å². The molecule has 242 valence electrons. The van der Waals surface area contributed by atoms with E-state index in [0.717, 1.165) is 52.4 Å². The molecule has 5 nitrogen and oxygen atoms in total. The quantitative estimate of drug-likeness (QED) is 0.151. The molecule has 7 rings (SSSR count). The Hall–Kier alpha value is -5.16. The van der Waals surface area contributed by atoms with Crippen LogP contribution in [0, 0.1) is 11.8 Å². The lowest BCUT2D eigenvalue weighted by atomic mass is 9.88. The van der Waals surface area contributed by atoms with Crippen LogP contribution in [0.5, 0.6) is 11.5 Å². The lowest BCUT2D eigenvalue weighted by Crippen LogP contribution is -2.03. The van der Waals surface area contributed by atoms with E-state index in [1.54, 1.807) is 0 Å². The molecule has 0 aliphatic rings. The average molecular weight is 633 g/mol. The van der Waals surface area contributed by atoms with Crippen LogP contribution in [0.2, 0.25) is 0 Å². The van der Waals surface area contributed by atoms with E-state index in [-0.39, 0.29) is 0 Å². The highest BCUT2D eigenvalue weighted by molar-refractivity contribution is 6.09. The zero-order valence-electron chi connectivity index (χ0n) is 28.8. The molecule has 3 heterocycles. The van der Waals surface area contributed by atoms with Gasteiger partial charge in [-0.25, -0.2) is 9.67 Å². The Morgan fingerprint density at radius 3 is 2.12 bits per heavy atom. The molecular weight excluding hydrogens is 589 g/mol. The van der Waals surface area contributed by atoms with Crippen LogP contribution in [0.3, 0.4) is 0 Å². The lowest BCUT2D eigenvalue weighted by Gasteiger charge is -2.17. The van der Waals surface area contributed by atoms with Gasteiger partial charge >= 0.3 is 0 Å². The van der Waals surface area contributed by atoms with Crippen LogP contribution in [0.1, 0.15) is 64.2 Å². The summed E-state index contributed by atoms with van der Waals surface area (Å²) < 4.78 is 10.7. The number of ether oxygens (including phenoxy) is 1. The van der Waals surface area contributed by atoms with Gasteiger partial charge in [0.1, 0.15) is 17.3 Å². The standard InChI is InChI=1S/C43H44N4O/c1-28(2)21-32-11-9-12-33(22-29(3)4)43(32)34-26-45-46(27-34)35-13-10-14-36(24-35)48-37-17-18-39-38-15-7-8-16-40(38)47(41(39)25-37)42-23-31(30(5)6)19-20-44-42/h7-20,23-30H,21-22H2,1-6H3. The Labute approximate surface area is 283 Å². The first-order chi connectivity index (χ1) is 23.2. The van der Waals surface area contributed by atoms with Crippen LogP contribution < -0.4 is 4.74 Å². The first kappa shape index (κ1) is 31.4. The summed E-state index contributed by atoms with van der Waals surface area (Å²) in [5, 5.41) is 7.19. The minimum Gasteiger partial charge on any atom is -0.457 e. The van der Waals surface area contributed by atoms with E-state index < -0.39 is 0 Å². The predicted molar refractivity (Wildman–Crippen MR) is 199 cm³/mol. The molecule has 0 atom stereocenters. The fourth-order valence-electron chi connectivity index (χ4n) is 6.84. The summed E-state index contributed by atoms with van der Waals surface area (Å²) in [4.78, 5) is 4.80. The first-order valence-corrected chi connectivity index (χ1v) is 17.2. The van der Waals surface area contributed by atoms with E-state index in [0.29, 0.717) is 17.8 Å². The van der Waals surface area contributed by atoms with E-state index in [9.17, 15) is 0 Å². The molecule has 0 saturated carbocycles. The minimum atomic E-state index is 0.411. The van der Waals surface area contributed by atoms with E-state index in [1.165, 1.54) is 33.0 Å². The number of nitrogens with zero attached hydrogens (tertiary/aromatic N) is 4. The average Bonchev–Trinajstić information content (AvgIpc) is 3.68. The molecule has 0 saturated heterocycles. The maximum atomic E-state index is 6.54. The van der Waals surface area contributed by atoms with Crippen molar-refractivity contribution in [3.63, 3.8) is 0 Å². The molecule has 0 unspecified atom stereocenters. The molecule has 0 N–H and O–H groups in total. The van der Waals surface area contributed by atoms with Crippen molar-refractivity contribution in [1.82, 2.24) is 19.3 Å². The fraction of sp³-hybridized carbons (Fsp3) is 0.256. The van der Waals surface area contributed by atoms with Gasteiger partial charge in [-0.05, 0) is 95.3 Å². The Morgan fingerprint density at radius 2 is 1.38 bits per heavy atom. The fourth-order valence-corrected chi connectivity index (χ4v) is 6.84. The second kappa shape index (κ2) is 13.2. The topological polar surface area (TPSA) is 44.9 Å². The predicted octanol–water partition coefficient (Wildman–Crippen LogP) is 11.3. The van der Waals surface area contributed by atoms with Crippen molar-refractivity contribution in [3.8, 4) is 34.1 Å². The van der Waals surface area contributed by atoms with Crippen LogP contribution in [0.25, 0.3) is 44.4 Å². The summed E-state index contributed by atoms with van der Waals surface area (Å²) in [6, 6.07) is 34.1. The van der Waals surface area contributed by atoms with Gasteiger partial charge in [-0.2, -0.15) is 5.10 Å². The van der Waals surface area contributed by atoms with Crippen LogP contribution in [0.4, 0.5) is 0 Å². The number of para-hydroxylation sites is 1. The second-order valence-corrected chi connectivity index (χ2v) is 14.1. The molecule has 4 aromatic carbocycles. The molecule has 5 heteroatoms. The highest BCUT2D eigenvalue weighted by Crippen LogP contribution is 2.36. The summed E-state index contributed by atoms with van der Waals surface area (Å²) in [5.41, 5.74) is 9.66. The van der Waals surface area contributed by atoms with E-state index in [2.05, 4.69) is 137 Å². The zero-order valence-corrected chi connectivity index (χ0v) is 28.8. The van der Waals surface area contributed by atoms with Gasteiger partial charge < -0.3 is 4.74 Å². The molecule has 7 aromatic rings. The number of hydrogen-bond donors (Lipinski definition) is 0. The molecule has 0 aliphatic heterocycles. The van der Waals surface area contributed by atoms with E-state index in [1.807, 2.05) is 29.2 Å². The van der Waals surface area contributed by atoms with Gasteiger partial charge in [-0.1, -0.05) is 84.0 Å². The molecule has 0 aliphatic carbocycles. The number of hydrogen-bond acceptors (Lipinski definition) is 3. The second-order valence-electron chi connectivity index (χ2n) is 14.1. The summed E-state index contributed by atoms with van der Waals surface area (Å²) in [6.07, 6.45) is 8.15. The zero-order chi connectivity index (χ0) is 33.4. The van der Waals surface area contributed by atoms with Crippen molar-refractivity contribution in [1.29, 1.82) is 0 Å². The summed E-state index contributed by atoms with van der Waals surface area (Å²) >= 11 is 0. The van der Waals surface area contributed by atoms with Crippen molar-refractivity contribution in [2.24, 2.45) is 11.8 Å². The SMILES string of the molecule is CC(C)Cc1cccc(CC(C)C)c1-c1cnn(-c2cccc(Oc3ccc4c5ccccc5n(-c5cc(C(C)C)ccn5)c4c3)c2)c1. The Kier molecular flexibility index (Phi) is 8.62. The van der Waals surface area contributed by atoms with Gasteiger partial charge in [-0.15, -0.1) is 0 Å². The number of benzene rings is 4. The smallest absolute Gasteiger partial charge is 0.137 e. The number of pyridine rings is 1. The van der Waals surface area contributed by atoms with Crippen LogP contribution in [-0.2, 0) is 12.8 Å². The monoisotopic (exact) mass is 632 g/mol. The van der Waals surface area contributed by atoms with Crippen LogP contribution in [0.15, 0.2) is 116 Å². The minimum absolute atomic E-state index is 0.411. The van der Waals surface area contributed by atoms with Gasteiger partial charge in [0.25, 0.3) is 0 Å². The summed E-state index contributed by atoms with van der Waals surface area (Å²) in [7, 11) is 0. The molecule has 48 heavy (non-hydrogen) atoms. The van der Waals surface area contributed by atoms with Gasteiger partial charge in [0, 0.05) is 40.9 Å². The Balaban J connectivity index is 1.23. The third-order valence-electron chi connectivity index (χ3n) is 8.99. The lowest BCUT2D eigenvalue weighted by molar-refractivity contribution is 0.483. The molecule has 3 aromatic heterocycles. The molecule has 0 spiro atoms. The third kappa shape index (κ3) is 6.25. The van der Waals surface area contributed by atoms with Crippen molar-refractivity contribution in [2.45, 2.75) is 60.3 Å². The molecule has 0 bridgehead atoms. The van der Waals surface area contributed by atoms with Crippen LogP contribution in [-0.4, -0.2) is 19.3 Å². The molecular formula is C43H44N4O. The summed E-state index contributed by atoms with van der Waals surface area (Å²) in [5.74, 6) is 3.99. The largest absolute Gasteiger partial charge is 0.457 e. The Morgan fingerprint density at radius 1 is 0.667 bits per heavy atom. The van der Waals surface area contributed by atoms with Gasteiger partial charge in [0.05, 0.1) is 22.9 Å². The van der Waals surface area contributed by atoms with Crippen molar-refractivity contribution in [2.75, 3.05) is 0 Å². The third-order valence-corrected chi connectivity index (χ3v) is 8.99. The number of fused-ring (bicyclic) bond motifs is 3. The van der Waals surface area contributed by atoms with E-state index >= 15 is 0 Å². The number of aromatic nitrogens is 4. The van der Waals surface area contributed by atoms with E-state index in [4.69, 9.17) is 14.8 Å². The molecule has 0 amide bonds. The summed E-state index contributed by atoms with van der Waals surface area (Å²) in [6.45, 7) is 13.6. The maximum absolute atomic E-state index is 6.54. The van der Waals surface area contributed by atoms with Gasteiger partial charge in [0.2, 0.25) is 0 Å². The highest BCUT2D eigenvalue weighted by atomic mass is 16.5. The normalized spacial score (nSPS) is 11.9. The number of rotatable bonds is 10. The molecule has 0 fully saturated rings. The van der Waals surface area contributed by atoms with Crippen LogP contribution >= 0.6 is 0 Å². The van der Waals surface area contributed by atoms with Gasteiger partial charge in [-0.3, -0.25) is 4.57 Å². The van der Waals surface area contributed by atoms with Gasteiger partial charge in [0.15, 0.2) is 0 Å². The van der Waals surface area contributed by atoms with Crippen molar-refractivity contribution >= 4 is 21.8 Å². The highest BCUT2D eigenvalue weighted by Gasteiger charge is 2.17.